The van der Waals surface area contributed by atoms with E-state index in [-0.39, 0.29) is 11.9 Å². The fourth-order valence-electron chi connectivity index (χ4n) is 4.44. The number of aryl methyl sites for hydroxylation is 1. The van der Waals surface area contributed by atoms with Crippen LogP contribution in [-0.4, -0.2) is 82.2 Å². The lowest BCUT2D eigenvalue weighted by Crippen LogP contribution is -2.44. The van der Waals surface area contributed by atoms with Crippen LogP contribution in [-0.2, 0) is 13.1 Å². The molecule has 0 saturated carbocycles. The van der Waals surface area contributed by atoms with Gasteiger partial charge in [0, 0.05) is 51.8 Å². The van der Waals surface area contributed by atoms with Crippen molar-refractivity contribution in [1.82, 2.24) is 29.5 Å². The van der Waals surface area contributed by atoms with E-state index in [2.05, 4.69) is 14.8 Å². The van der Waals surface area contributed by atoms with Crippen LogP contribution in [0.25, 0.3) is 0 Å². The Morgan fingerprint density at radius 2 is 1.81 bits per heavy atom. The molecule has 1 saturated heterocycles. The lowest BCUT2D eigenvalue weighted by molar-refractivity contribution is 0.0705. The number of ether oxygens (including phenoxy) is 1. The Morgan fingerprint density at radius 1 is 1.06 bits per heavy atom. The van der Waals surface area contributed by atoms with Crippen molar-refractivity contribution in [3.05, 3.63) is 41.0 Å². The van der Waals surface area contributed by atoms with Crippen molar-refractivity contribution < 1.29 is 14.3 Å². The minimum atomic E-state index is 0.00598. The van der Waals surface area contributed by atoms with Crippen LogP contribution in [0.2, 0.25) is 0 Å². The first-order chi connectivity index (χ1) is 14.9. The summed E-state index contributed by atoms with van der Waals surface area (Å²) in [5, 5.41) is 8.88. The smallest absolute Gasteiger partial charge is 0.319 e. The molecule has 4 rings (SSSR count). The molecule has 0 N–H and O–H groups in total. The number of likely N-dealkylation sites (tertiary alicyclic amines) is 1. The van der Waals surface area contributed by atoms with Gasteiger partial charge in [-0.25, -0.2) is 4.79 Å². The van der Waals surface area contributed by atoms with Gasteiger partial charge in [-0.3, -0.25) is 4.79 Å². The normalized spacial score (nSPS) is 16.8. The zero-order chi connectivity index (χ0) is 22.1. The van der Waals surface area contributed by atoms with Crippen molar-refractivity contribution >= 4 is 11.9 Å². The molecule has 31 heavy (non-hydrogen) atoms. The summed E-state index contributed by atoms with van der Waals surface area (Å²) in [6.45, 7) is 5.15. The summed E-state index contributed by atoms with van der Waals surface area (Å²) in [7, 11) is 5.18. The molecule has 166 valence electrons. The molecule has 3 heterocycles. The third-order valence-electron chi connectivity index (χ3n) is 6.25. The van der Waals surface area contributed by atoms with Gasteiger partial charge in [0.25, 0.3) is 5.91 Å². The Hall–Kier alpha value is -3.10. The van der Waals surface area contributed by atoms with Crippen LogP contribution in [0, 0.1) is 6.92 Å². The predicted octanol–water partition coefficient (Wildman–Crippen LogP) is 2.11. The zero-order valence-corrected chi connectivity index (χ0v) is 18.7. The second-order valence-electron chi connectivity index (χ2n) is 8.47. The first-order valence-electron chi connectivity index (χ1n) is 10.7. The summed E-state index contributed by atoms with van der Waals surface area (Å²) in [5.74, 6) is 2.85. The second-order valence-corrected chi connectivity index (χ2v) is 8.47. The Morgan fingerprint density at radius 3 is 2.45 bits per heavy atom. The average Bonchev–Trinajstić information content (AvgIpc) is 3.21. The van der Waals surface area contributed by atoms with E-state index >= 15 is 0 Å². The highest BCUT2D eigenvalue weighted by Gasteiger charge is 2.31. The van der Waals surface area contributed by atoms with Gasteiger partial charge in [-0.1, -0.05) is 0 Å². The number of urea groups is 1. The Kier molecular flexibility index (Phi) is 5.84. The quantitative estimate of drug-likeness (QED) is 0.751. The number of carbonyl (C=O) groups excluding carboxylic acids is 2. The summed E-state index contributed by atoms with van der Waals surface area (Å²) < 4.78 is 7.41. The molecule has 3 amide bonds. The molecular weight excluding hydrogens is 396 g/mol. The predicted molar refractivity (Wildman–Crippen MR) is 115 cm³/mol. The topological polar surface area (TPSA) is 83.8 Å². The second kappa shape index (κ2) is 8.56. The van der Waals surface area contributed by atoms with Crippen LogP contribution in [0.1, 0.15) is 46.3 Å². The van der Waals surface area contributed by atoms with E-state index in [1.165, 1.54) is 0 Å². The zero-order valence-electron chi connectivity index (χ0n) is 18.7. The maximum absolute atomic E-state index is 13.1. The number of rotatable bonds is 3. The Balaban J connectivity index is 1.43. The number of methoxy groups -OCH3 is 1. The molecule has 0 atom stereocenters. The van der Waals surface area contributed by atoms with E-state index in [9.17, 15) is 9.59 Å². The molecular formula is C22H30N6O3. The Bertz CT molecular complexity index is 978. The van der Waals surface area contributed by atoms with E-state index in [1.54, 1.807) is 26.1 Å². The van der Waals surface area contributed by atoms with E-state index in [1.807, 2.05) is 34.9 Å². The summed E-state index contributed by atoms with van der Waals surface area (Å²) in [4.78, 5) is 30.6. The van der Waals surface area contributed by atoms with E-state index in [0.29, 0.717) is 31.1 Å². The third kappa shape index (κ3) is 4.08. The first-order valence-corrected chi connectivity index (χ1v) is 10.7. The number of fused-ring (bicyclic) bond motifs is 1. The number of piperidine rings is 1. The van der Waals surface area contributed by atoms with Crippen molar-refractivity contribution in [2.75, 3.05) is 40.8 Å². The molecule has 0 unspecified atom stereocenters. The molecule has 0 aliphatic carbocycles. The van der Waals surface area contributed by atoms with E-state index < -0.39 is 0 Å². The molecule has 2 aliphatic rings. The fourth-order valence-corrected chi connectivity index (χ4v) is 4.44. The lowest BCUT2D eigenvalue weighted by Gasteiger charge is -2.34. The minimum absolute atomic E-state index is 0.00598. The molecule has 1 aromatic carbocycles. The van der Waals surface area contributed by atoms with Gasteiger partial charge < -0.3 is 24.0 Å². The van der Waals surface area contributed by atoms with Crippen molar-refractivity contribution in [3.63, 3.8) is 0 Å². The standard InChI is InChI=1S/C22H30N6O3/c1-15-13-17(31-4)5-6-18(15)21(29)27-11-12-28-19(14-27)23-24-20(28)16-7-9-26(10-8-16)22(30)25(2)3/h5-6,13,16H,7-12,14H2,1-4H3. The van der Waals surface area contributed by atoms with Gasteiger partial charge in [0.15, 0.2) is 5.82 Å². The van der Waals surface area contributed by atoms with Crippen LogP contribution in [0.4, 0.5) is 4.79 Å². The molecule has 0 bridgehead atoms. The minimum Gasteiger partial charge on any atom is -0.497 e. The van der Waals surface area contributed by atoms with Crippen LogP contribution in [0.3, 0.4) is 0 Å². The summed E-state index contributed by atoms with van der Waals surface area (Å²) >= 11 is 0. The van der Waals surface area contributed by atoms with Crippen molar-refractivity contribution in [3.8, 4) is 5.75 Å². The molecule has 1 fully saturated rings. The highest BCUT2D eigenvalue weighted by Crippen LogP contribution is 2.29. The number of hydrogen-bond acceptors (Lipinski definition) is 5. The lowest BCUT2D eigenvalue weighted by atomic mass is 9.96. The molecule has 2 aliphatic heterocycles. The molecule has 9 nitrogen and oxygen atoms in total. The largest absolute Gasteiger partial charge is 0.497 e. The third-order valence-corrected chi connectivity index (χ3v) is 6.25. The SMILES string of the molecule is COc1ccc(C(=O)N2CCn3c(nnc3C3CCN(C(=O)N(C)C)CC3)C2)c(C)c1. The van der Waals surface area contributed by atoms with Gasteiger partial charge in [-0.05, 0) is 43.5 Å². The summed E-state index contributed by atoms with van der Waals surface area (Å²) in [6.07, 6.45) is 1.76. The summed E-state index contributed by atoms with van der Waals surface area (Å²) in [5.41, 5.74) is 1.59. The number of carbonyl (C=O) groups is 2. The number of benzene rings is 1. The number of nitrogens with zero attached hydrogens (tertiary/aromatic N) is 6. The van der Waals surface area contributed by atoms with Crippen LogP contribution in [0.15, 0.2) is 18.2 Å². The highest BCUT2D eigenvalue weighted by atomic mass is 16.5. The maximum Gasteiger partial charge on any atom is 0.319 e. The fraction of sp³-hybridized carbons (Fsp3) is 0.545. The average molecular weight is 427 g/mol. The molecule has 1 aromatic heterocycles. The van der Waals surface area contributed by atoms with Crippen molar-refractivity contribution in [2.45, 2.75) is 38.8 Å². The number of aromatic nitrogens is 3. The number of hydrogen-bond donors (Lipinski definition) is 0. The van der Waals surface area contributed by atoms with Gasteiger partial charge >= 0.3 is 6.03 Å². The van der Waals surface area contributed by atoms with Crippen LogP contribution >= 0.6 is 0 Å². The maximum atomic E-state index is 13.1. The van der Waals surface area contributed by atoms with E-state index in [4.69, 9.17) is 4.74 Å². The molecule has 2 aromatic rings. The Labute approximate surface area is 182 Å². The first kappa shape index (κ1) is 21.1. The molecule has 0 radical (unpaired) electrons. The van der Waals surface area contributed by atoms with Gasteiger partial charge in [-0.15, -0.1) is 10.2 Å². The van der Waals surface area contributed by atoms with Crippen molar-refractivity contribution in [2.24, 2.45) is 0 Å². The van der Waals surface area contributed by atoms with Crippen molar-refractivity contribution in [1.29, 1.82) is 0 Å². The van der Waals surface area contributed by atoms with Gasteiger partial charge in [-0.2, -0.15) is 0 Å². The summed E-state index contributed by atoms with van der Waals surface area (Å²) in [6, 6.07) is 5.58. The van der Waals surface area contributed by atoms with E-state index in [0.717, 1.165) is 48.9 Å². The molecule has 9 heteroatoms. The number of amides is 3. The van der Waals surface area contributed by atoms with Gasteiger partial charge in [0.1, 0.15) is 11.6 Å². The van der Waals surface area contributed by atoms with Gasteiger partial charge in [0.2, 0.25) is 0 Å². The monoisotopic (exact) mass is 426 g/mol. The van der Waals surface area contributed by atoms with Crippen LogP contribution in [0.5, 0.6) is 5.75 Å². The van der Waals surface area contributed by atoms with Crippen LogP contribution < -0.4 is 4.74 Å². The van der Waals surface area contributed by atoms with Gasteiger partial charge in [0.05, 0.1) is 13.7 Å². The highest BCUT2D eigenvalue weighted by molar-refractivity contribution is 5.95. The molecule has 0 spiro atoms.